The number of nitrogens with one attached hydrogen (secondary N) is 2. The largest absolute Gasteiger partial charge is 0.343 e. The van der Waals surface area contributed by atoms with Crippen LogP contribution in [0.15, 0.2) is 29.6 Å². The van der Waals surface area contributed by atoms with Gasteiger partial charge in [0.15, 0.2) is 0 Å². The minimum absolute atomic E-state index is 0.0511. The lowest BCUT2D eigenvalue weighted by molar-refractivity contribution is -0.142. The van der Waals surface area contributed by atoms with Crippen molar-refractivity contribution in [1.82, 2.24) is 20.5 Å². The highest BCUT2D eigenvalue weighted by molar-refractivity contribution is 7.10. The number of hydrogen-bond donors (Lipinski definition) is 2. The minimum atomic E-state index is -0.561. The van der Waals surface area contributed by atoms with E-state index in [1.165, 1.54) is 35.6 Å². The van der Waals surface area contributed by atoms with Gasteiger partial charge < -0.3 is 15.5 Å². The highest BCUT2D eigenvalue weighted by Crippen LogP contribution is 2.35. The molecule has 36 heavy (non-hydrogen) atoms. The first-order chi connectivity index (χ1) is 17.4. The van der Waals surface area contributed by atoms with Gasteiger partial charge in [-0.15, -0.1) is 11.3 Å². The van der Waals surface area contributed by atoms with Crippen LogP contribution in [0.4, 0.5) is 4.39 Å². The van der Waals surface area contributed by atoms with Crippen LogP contribution in [0, 0.1) is 11.7 Å². The Kier molecular flexibility index (Phi) is 8.85. The van der Waals surface area contributed by atoms with Gasteiger partial charge in [0.05, 0.1) is 12.1 Å². The van der Waals surface area contributed by atoms with Crippen LogP contribution in [-0.4, -0.2) is 53.2 Å². The summed E-state index contributed by atoms with van der Waals surface area (Å²) in [5.74, 6) is -0.764. The van der Waals surface area contributed by atoms with E-state index in [9.17, 15) is 18.8 Å². The highest BCUT2D eigenvalue weighted by Gasteiger charge is 2.39. The summed E-state index contributed by atoms with van der Waals surface area (Å²) in [6.07, 6.45) is 7.77. The van der Waals surface area contributed by atoms with Crippen molar-refractivity contribution in [2.45, 2.75) is 76.4 Å². The summed E-state index contributed by atoms with van der Waals surface area (Å²) < 4.78 is 13.3. The molecule has 1 saturated heterocycles. The van der Waals surface area contributed by atoms with E-state index in [2.05, 4.69) is 15.6 Å². The number of carbonyl (C=O) groups excluding carboxylic acids is 3. The van der Waals surface area contributed by atoms with Crippen molar-refractivity contribution in [2.75, 3.05) is 13.6 Å². The topological polar surface area (TPSA) is 91.4 Å². The molecule has 2 N–H and O–H groups in total. The summed E-state index contributed by atoms with van der Waals surface area (Å²) in [7, 11) is 1.73. The third-order valence-electron chi connectivity index (χ3n) is 7.44. The van der Waals surface area contributed by atoms with Crippen molar-refractivity contribution < 1.29 is 18.8 Å². The lowest BCUT2D eigenvalue weighted by Crippen LogP contribution is -2.56. The molecule has 2 fully saturated rings. The first-order valence-corrected chi connectivity index (χ1v) is 13.8. The molecule has 2 amide bonds. The number of carbonyl (C=O) groups is 3. The maximum Gasteiger partial charge on any atom is 0.246 e. The van der Waals surface area contributed by atoms with Crippen LogP contribution in [0.3, 0.4) is 0 Å². The zero-order valence-corrected chi connectivity index (χ0v) is 21.8. The van der Waals surface area contributed by atoms with Crippen LogP contribution in [0.25, 0.3) is 0 Å². The van der Waals surface area contributed by atoms with E-state index in [1.807, 2.05) is 4.90 Å². The van der Waals surface area contributed by atoms with Crippen LogP contribution in [0.5, 0.6) is 0 Å². The lowest BCUT2D eigenvalue weighted by atomic mass is 9.82. The Morgan fingerprint density at radius 1 is 1.06 bits per heavy atom. The van der Waals surface area contributed by atoms with Crippen molar-refractivity contribution >= 4 is 28.9 Å². The van der Waals surface area contributed by atoms with Crippen LogP contribution in [0.2, 0.25) is 0 Å². The fourth-order valence-electron chi connectivity index (χ4n) is 5.18. The summed E-state index contributed by atoms with van der Waals surface area (Å²) >= 11 is 1.38. The molecule has 1 saturated carbocycles. The summed E-state index contributed by atoms with van der Waals surface area (Å²) in [6.45, 7) is 2.39. The number of ketones is 1. The third-order valence-corrected chi connectivity index (χ3v) is 8.39. The molecule has 4 rings (SSSR count). The molecule has 0 bridgehead atoms. The molecule has 1 aliphatic heterocycles. The number of halogens is 1. The average Bonchev–Trinajstić information content (AvgIpc) is 3.41. The number of likely N-dealkylation sites (N-methyl/N-ethyl adjacent to an activating group) is 1. The molecular weight excluding hydrogens is 479 g/mol. The number of rotatable bonds is 8. The van der Waals surface area contributed by atoms with Gasteiger partial charge in [0, 0.05) is 17.5 Å². The zero-order valence-electron chi connectivity index (χ0n) is 21.0. The minimum Gasteiger partial charge on any atom is -0.343 e. The Balaban J connectivity index is 1.56. The highest BCUT2D eigenvalue weighted by atomic mass is 32.1. The predicted octanol–water partition coefficient (Wildman–Crippen LogP) is 4.24. The molecule has 0 unspecified atom stereocenters. The van der Waals surface area contributed by atoms with Gasteiger partial charge in [0.2, 0.25) is 17.6 Å². The van der Waals surface area contributed by atoms with Crippen LogP contribution < -0.4 is 10.6 Å². The normalized spacial score (nSPS) is 20.5. The third kappa shape index (κ3) is 6.00. The van der Waals surface area contributed by atoms with Gasteiger partial charge in [-0.1, -0.05) is 19.3 Å². The molecule has 7 nitrogen and oxygen atoms in total. The van der Waals surface area contributed by atoms with E-state index in [4.69, 9.17) is 0 Å². The Morgan fingerprint density at radius 3 is 2.44 bits per heavy atom. The number of hydrogen-bond acceptors (Lipinski definition) is 6. The van der Waals surface area contributed by atoms with E-state index in [0.29, 0.717) is 17.8 Å². The quantitative estimate of drug-likeness (QED) is 0.514. The maximum atomic E-state index is 14.0. The van der Waals surface area contributed by atoms with Gasteiger partial charge >= 0.3 is 0 Å². The number of thiazole rings is 1. The molecular formula is C27H35FN4O3S. The molecule has 194 valence electrons. The SMILES string of the molecule is CN[C@@H](C)C(=O)N[C@H](C(=O)N1CCCC[C@H]1c1nc(C(=O)c2ccc(F)cc2)cs1)C1CCCCC1. The van der Waals surface area contributed by atoms with E-state index in [0.717, 1.165) is 56.4 Å². The van der Waals surface area contributed by atoms with Crippen molar-refractivity contribution in [3.8, 4) is 0 Å². The van der Waals surface area contributed by atoms with Crippen LogP contribution in [0.1, 0.15) is 85.4 Å². The summed E-state index contributed by atoms with van der Waals surface area (Å²) in [5.41, 5.74) is 0.683. The molecule has 1 aliphatic carbocycles. The van der Waals surface area contributed by atoms with Gasteiger partial charge in [-0.3, -0.25) is 14.4 Å². The van der Waals surface area contributed by atoms with Crippen LogP contribution >= 0.6 is 11.3 Å². The Labute approximate surface area is 215 Å². The first-order valence-electron chi connectivity index (χ1n) is 12.9. The number of piperidine rings is 1. The molecule has 9 heteroatoms. The van der Waals surface area contributed by atoms with Crippen molar-refractivity contribution in [1.29, 1.82) is 0 Å². The fraction of sp³-hybridized carbons (Fsp3) is 0.556. The Hall–Kier alpha value is -2.65. The molecule has 2 aliphatic rings. The summed E-state index contributed by atoms with van der Waals surface area (Å²) in [4.78, 5) is 46.2. The second-order valence-electron chi connectivity index (χ2n) is 9.84. The fourth-order valence-corrected chi connectivity index (χ4v) is 6.13. The number of aromatic nitrogens is 1. The first kappa shape index (κ1) is 26.4. The summed E-state index contributed by atoms with van der Waals surface area (Å²) in [6, 6.07) is 4.26. The molecule has 2 aromatic rings. The van der Waals surface area contributed by atoms with Gasteiger partial charge in [-0.05, 0) is 76.3 Å². The second kappa shape index (κ2) is 12.1. The van der Waals surface area contributed by atoms with Crippen molar-refractivity contribution in [3.05, 3.63) is 51.7 Å². The van der Waals surface area contributed by atoms with Gasteiger partial charge in [0.1, 0.15) is 22.6 Å². The molecule has 0 radical (unpaired) electrons. The standard InChI is InChI=1S/C27H35FN4O3S/c1-17(29-2)25(34)31-23(18-8-4-3-5-9-18)27(35)32-15-7-6-10-22(32)26-30-21(16-36-26)24(33)19-11-13-20(28)14-12-19/h11-14,16-18,22-23,29H,3-10,15H2,1-2H3,(H,31,34)/t17-,22-,23-/m0/s1. The average molecular weight is 515 g/mol. The van der Waals surface area contributed by atoms with Gasteiger partial charge in [-0.2, -0.15) is 0 Å². The molecule has 2 heterocycles. The lowest BCUT2D eigenvalue weighted by Gasteiger charge is -2.39. The maximum absolute atomic E-state index is 14.0. The Morgan fingerprint density at radius 2 is 1.75 bits per heavy atom. The van der Waals surface area contributed by atoms with Gasteiger partial charge in [-0.25, -0.2) is 9.37 Å². The van der Waals surface area contributed by atoms with Crippen LogP contribution in [-0.2, 0) is 9.59 Å². The number of nitrogens with zero attached hydrogens (tertiary/aromatic N) is 2. The van der Waals surface area contributed by atoms with E-state index in [1.54, 1.807) is 19.4 Å². The molecule has 1 aromatic carbocycles. The number of benzene rings is 1. The molecule has 3 atom stereocenters. The van der Waals surface area contributed by atoms with E-state index >= 15 is 0 Å². The summed E-state index contributed by atoms with van der Waals surface area (Å²) in [5, 5.41) is 8.46. The van der Waals surface area contributed by atoms with Gasteiger partial charge in [0.25, 0.3) is 0 Å². The smallest absolute Gasteiger partial charge is 0.246 e. The van der Waals surface area contributed by atoms with Crippen molar-refractivity contribution in [3.63, 3.8) is 0 Å². The zero-order chi connectivity index (χ0) is 25.7. The Bertz CT molecular complexity index is 1070. The van der Waals surface area contributed by atoms with Crippen molar-refractivity contribution in [2.24, 2.45) is 5.92 Å². The predicted molar refractivity (Wildman–Crippen MR) is 137 cm³/mol. The molecule has 1 aromatic heterocycles. The monoisotopic (exact) mass is 514 g/mol. The number of amides is 2. The van der Waals surface area contributed by atoms with E-state index in [-0.39, 0.29) is 35.6 Å². The molecule has 0 spiro atoms. The van der Waals surface area contributed by atoms with E-state index < -0.39 is 11.9 Å². The second-order valence-corrected chi connectivity index (χ2v) is 10.7. The number of likely N-dealkylation sites (tertiary alicyclic amines) is 1.